The monoisotopic (exact) mass is 187 g/mol. The van der Waals surface area contributed by atoms with Crippen LogP contribution < -0.4 is 0 Å². The van der Waals surface area contributed by atoms with Gasteiger partial charge in [-0.3, -0.25) is 0 Å². The van der Waals surface area contributed by atoms with Crippen molar-refractivity contribution < 1.29 is 4.52 Å². The molecular weight excluding hydrogens is 182 g/mol. The summed E-state index contributed by atoms with van der Waals surface area (Å²) in [7, 11) is 0. The van der Waals surface area contributed by atoms with Crippen molar-refractivity contribution in [1.29, 1.82) is 0 Å². The summed E-state index contributed by atoms with van der Waals surface area (Å²) in [6, 6.07) is 0. The Kier molecular flexibility index (Phi) is 2.05. The average molecular weight is 188 g/mol. The van der Waals surface area contributed by atoms with Crippen molar-refractivity contribution in [1.82, 2.24) is 5.16 Å². The molecule has 1 heterocycles. The second-order valence-corrected chi connectivity index (χ2v) is 2.58. The molecule has 1 rings (SSSR count). The van der Waals surface area contributed by atoms with Crippen LogP contribution in [0.25, 0.3) is 0 Å². The first-order valence-corrected chi connectivity index (χ1v) is 3.42. The van der Waals surface area contributed by atoms with E-state index in [4.69, 9.17) is 0 Å². The van der Waals surface area contributed by atoms with E-state index >= 15 is 0 Å². The van der Waals surface area contributed by atoms with Crippen molar-refractivity contribution in [3.8, 4) is 0 Å². The number of alkyl halides is 1. The molecule has 9 heavy (non-hydrogen) atoms. The van der Waals surface area contributed by atoms with Gasteiger partial charge in [0.25, 0.3) is 0 Å². The molecule has 3 heteroatoms. The normalized spacial score (nSPS) is 13.0. The maximum Gasteiger partial charge on any atom is 0.128 e. The number of rotatable bonds is 2. The summed E-state index contributed by atoms with van der Waals surface area (Å²) in [6.45, 7) is 3.60. The van der Waals surface area contributed by atoms with Crippen molar-refractivity contribution in [3.63, 3.8) is 0 Å². The molecular formula is C6H6BrNO. The fourth-order valence-corrected chi connectivity index (χ4v) is 0.711. The van der Waals surface area contributed by atoms with Gasteiger partial charge >= 0.3 is 0 Å². The molecule has 0 aliphatic rings. The third kappa shape index (κ3) is 1.42. The number of nitrogens with zero attached hydrogens (tertiary/aromatic N) is 1. The molecule has 0 aromatic carbocycles. The van der Waals surface area contributed by atoms with Gasteiger partial charge < -0.3 is 4.52 Å². The first-order valence-electron chi connectivity index (χ1n) is 2.50. The van der Waals surface area contributed by atoms with Gasteiger partial charge in [0.15, 0.2) is 0 Å². The summed E-state index contributed by atoms with van der Waals surface area (Å²) in [5, 5.41) is 3.54. The van der Waals surface area contributed by atoms with Crippen LogP contribution in [0.5, 0.6) is 0 Å². The number of halogens is 1. The zero-order valence-electron chi connectivity index (χ0n) is 4.75. The largest absolute Gasteiger partial charge is 0.364 e. The van der Waals surface area contributed by atoms with E-state index in [0.29, 0.717) is 0 Å². The Labute approximate surface area is 61.7 Å². The van der Waals surface area contributed by atoms with Crippen LogP contribution in [-0.4, -0.2) is 5.16 Å². The Morgan fingerprint density at radius 2 is 2.67 bits per heavy atom. The summed E-state index contributed by atoms with van der Waals surface area (Å²) in [5.41, 5.74) is 0.991. The predicted molar refractivity (Wildman–Crippen MR) is 38.4 cm³/mol. The van der Waals surface area contributed by atoms with Crippen molar-refractivity contribution >= 4 is 15.9 Å². The Bertz CT molecular complexity index is 183. The van der Waals surface area contributed by atoms with Crippen LogP contribution in [0.15, 0.2) is 29.6 Å². The lowest BCUT2D eigenvalue weighted by Gasteiger charge is -1.93. The van der Waals surface area contributed by atoms with Gasteiger partial charge in [-0.25, -0.2) is 0 Å². The molecule has 0 amide bonds. The third-order valence-electron chi connectivity index (χ3n) is 0.977. The van der Waals surface area contributed by atoms with Crippen LogP contribution in [-0.2, 0) is 0 Å². The maximum absolute atomic E-state index is 4.61. The minimum atomic E-state index is 0.156. The lowest BCUT2D eigenvalue weighted by atomic mass is 10.3. The summed E-state index contributed by atoms with van der Waals surface area (Å²) in [5.74, 6) is 0. The van der Waals surface area contributed by atoms with E-state index in [1.165, 1.54) is 0 Å². The van der Waals surface area contributed by atoms with Gasteiger partial charge in [-0.1, -0.05) is 27.2 Å². The van der Waals surface area contributed by atoms with Crippen molar-refractivity contribution in [2.75, 3.05) is 0 Å². The van der Waals surface area contributed by atoms with E-state index in [1.807, 2.05) is 0 Å². The van der Waals surface area contributed by atoms with Gasteiger partial charge in [0, 0.05) is 5.56 Å². The Balaban J connectivity index is 2.76. The minimum absolute atomic E-state index is 0.156. The maximum atomic E-state index is 4.61. The molecule has 0 fully saturated rings. The summed E-state index contributed by atoms with van der Waals surface area (Å²) in [6.07, 6.45) is 5.01. The zero-order chi connectivity index (χ0) is 6.69. The highest BCUT2D eigenvalue weighted by Gasteiger charge is 2.02. The second-order valence-electron chi connectivity index (χ2n) is 1.60. The van der Waals surface area contributed by atoms with Crippen molar-refractivity contribution in [3.05, 3.63) is 30.7 Å². The Morgan fingerprint density at radius 1 is 1.89 bits per heavy atom. The molecule has 0 spiro atoms. The lowest BCUT2D eigenvalue weighted by molar-refractivity contribution is 0.419. The van der Waals surface area contributed by atoms with Crippen molar-refractivity contribution in [2.24, 2.45) is 0 Å². The Hall–Kier alpha value is -0.570. The van der Waals surface area contributed by atoms with E-state index in [9.17, 15) is 0 Å². The van der Waals surface area contributed by atoms with Crippen LogP contribution in [0.4, 0.5) is 0 Å². The average Bonchev–Trinajstić information content (AvgIpc) is 2.37. The molecule has 1 unspecified atom stereocenters. The van der Waals surface area contributed by atoms with E-state index in [2.05, 4.69) is 32.2 Å². The summed E-state index contributed by atoms with van der Waals surface area (Å²) < 4.78 is 4.61. The van der Waals surface area contributed by atoms with E-state index in [-0.39, 0.29) is 4.83 Å². The molecule has 0 aliphatic heterocycles. The first kappa shape index (κ1) is 6.55. The molecule has 48 valence electrons. The molecule has 0 bridgehead atoms. The van der Waals surface area contributed by atoms with Gasteiger partial charge in [0.2, 0.25) is 0 Å². The van der Waals surface area contributed by atoms with Crippen molar-refractivity contribution in [2.45, 2.75) is 4.83 Å². The highest BCUT2D eigenvalue weighted by molar-refractivity contribution is 9.09. The number of aromatic nitrogens is 1. The lowest BCUT2D eigenvalue weighted by Crippen LogP contribution is -1.77. The third-order valence-corrected chi connectivity index (χ3v) is 1.88. The Morgan fingerprint density at radius 3 is 3.11 bits per heavy atom. The zero-order valence-corrected chi connectivity index (χ0v) is 6.34. The van der Waals surface area contributed by atoms with Crippen LogP contribution in [0.1, 0.15) is 10.4 Å². The number of allylic oxidation sites excluding steroid dienone is 1. The highest BCUT2D eigenvalue weighted by Crippen LogP contribution is 2.21. The number of hydrogen-bond acceptors (Lipinski definition) is 2. The summed E-state index contributed by atoms with van der Waals surface area (Å²) in [4.78, 5) is 0.156. The smallest absolute Gasteiger partial charge is 0.128 e. The fourth-order valence-electron chi connectivity index (χ4n) is 0.485. The van der Waals surface area contributed by atoms with Crippen LogP contribution in [0.2, 0.25) is 0 Å². The van der Waals surface area contributed by atoms with Gasteiger partial charge in [0.05, 0.1) is 11.0 Å². The number of hydrogen-bond donors (Lipinski definition) is 0. The topological polar surface area (TPSA) is 26.0 Å². The van der Waals surface area contributed by atoms with Crippen LogP contribution in [0.3, 0.4) is 0 Å². The van der Waals surface area contributed by atoms with Gasteiger partial charge in [-0.15, -0.1) is 6.58 Å². The molecule has 0 aliphatic carbocycles. The van der Waals surface area contributed by atoms with E-state index in [0.717, 1.165) is 5.56 Å². The van der Waals surface area contributed by atoms with E-state index < -0.39 is 0 Å². The quantitative estimate of drug-likeness (QED) is 0.525. The second kappa shape index (κ2) is 2.82. The fraction of sp³-hybridized carbons (Fsp3) is 0.167. The van der Waals surface area contributed by atoms with Crippen LogP contribution >= 0.6 is 15.9 Å². The van der Waals surface area contributed by atoms with Gasteiger partial charge in [-0.2, -0.15) is 0 Å². The molecule has 2 nitrogen and oxygen atoms in total. The molecule has 0 saturated heterocycles. The minimum Gasteiger partial charge on any atom is -0.364 e. The highest BCUT2D eigenvalue weighted by atomic mass is 79.9. The SMILES string of the molecule is C=CC(Br)c1cnoc1. The van der Waals surface area contributed by atoms with Crippen LogP contribution in [0, 0.1) is 0 Å². The molecule has 1 atom stereocenters. The molecule has 0 saturated carbocycles. The predicted octanol–water partition coefficient (Wildman–Crippen LogP) is 2.30. The van der Waals surface area contributed by atoms with Gasteiger partial charge in [-0.05, 0) is 0 Å². The van der Waals surface area contributed by atoms with Gasteiger partial charge in [0.1, 0.15) is 6.26 Å². The first-order chi connectivity index (χ1) is 4.34. The standard InChI is InChI=1S/C6H6BrNO/c1-2-6(7)5-3-8-9-4-5/h2-4,6H,1H2. The molecule has 0 radical (unpaired) electrons. The molecule has 1 aromatic heterocycles. The molecule has 1 aromatic rings. The molecule has 0 N–H and O–H groups in total. The van der Waals surface area contributed by atoms with E-state index in [1.54, 1.807) is 18.5 Å². The summed E-state index contributed by atoms with van der Waals surface area (Å²) >= 11 is 3.35.